The summed E-state index contributed by atoms with van der Waals surface area (Å²) in [6, 6.07) is 0. The average molecular weight is 128 g/mol. The van der Waals surface area contributed by atoms with Gasteiger partial charge in [-0.3, -0.25) is 0 Å². The van der Waals surface area contributed by atoms with E-state index in [0.717, 1.165) is 6.54 Å². The largest absolute Gasteiger partial charge is 0.245 e. The van der Waals surface area contributed by atoms with Crippen molar-refractivity contribution in [3.8, 4) is 0 Å². The summed E-state index contributed by atoms with van der Waals surface area (Å²) in [7, 11) is 2.02. The fourth-order valence-corrected chi connectivity index (χ4v) is 0.808. The van der Waals surface area contributed by atoms with Crippen molar-refractivity contribution < 1.29 is 4.58 Å². The van der Waals surface area contributed by atoms with Gasteiger partial charge in [-0.1, -0.05) is 19.8 Å². The lowest BCUT2D eigenvalue weighted by molar-refractivity contribution is -0.488. The van der Waals surface area contributed by atoms with E-state index in [1.807, 2.05) is 11.6 Å². The number of unbranched alkanes of at least 4 members (excludes halogenated alkanes) is 3. The second-order valence-corrected chi connectivity index (χ2v) is 2.64. The van der Waals surface area contributed by atoms with Gasteiger partial charge in [0.2, 0.25) is 0 Å². The normalized spacial score (nSPS) is 9.56. The van der Waals surface area contributed by atoms with Gasteiger partial charge in [0, 0.05) is 6.42 Å². The van der Waals surface area contributed by atoms with E-state index in [0.29, 0.717) is 0 Å². The summed E-state index contributed by atoms with van der Waals surface area (Å²) in [5, 5.41) is 0. The van der Waals surface area contributed by atoms with Crippen LogP contribution >= 0.6 is 0 Å². The van der Waals surface area contributed by atoms with E-state index in [-0.39, 0.29) is 0 Å². The maximum absolute atomic E-state index is 3.77. The second kappa shape index (κ2) is 5.80. The van der Waals surface area contributed by atoms with Crippen LogP contribution in [0.4, 0.5) is 0 Å². The molecule has 0 amide bonds. The molecule has 1 nitrogen and oxygen atoms in total. The summed E-state index contributed by atoms with van der Waals surface area (Å²) in [6.45, 7) is 7.14. The highest BCUT2D eigenvalue weighted by Gasteiger charge is 1.90. The highest BCUT2D eigenvalue weighted by atomic mass is 14.9. The highest BCUT2D eigenvalue weighted by molar-refractivity contribution is 5.13. The molecule has 0 fully saturated rings. The van der Waals surface area contributed by atoms with Crippen LogP contribution in [0.2, 0.25) is 0 Å². The van der Waals surface area contributed by atoms with Gasteiger partial charge in [-0.25, -0.2) is 4.58 Å². The number of rotatable bonds is 5. The molecule has 0 heterocycles. The maximum Gasteiger partial charge on any atom is 0.142 e. The molecule has 0 radical (unpaired) electrons. The van der Waals surface area contributed by atoms with E-state index in [2.05, 4.69) is 13.6 Å². The zero-order valence-electron chi connectivity index (χ0n) is 6.69. The molecular formula is C8H18N+. The molecule has 0 rings (SSSR count). The number of nitrogens with zero attached hydrogens (tertiary/aromatic N) is 1. The van der Waals surface area contributed by atoms with Crippen LogP contribution in [0.15, 0.2) is 0 Å². The molecule has 0 unspecified atom stereocenters. The monoisotopic (exact) mass is 128 g/mol. The van der Waals surface area contributed by atoms with Crippen LogP contribution in [-0.2, 0) is 0 Å². The molecule has 0 aromatic carbocycles. The number of hydrogen-bond donors (Lipinski definition) is 0. The van der Waals surface area contributed by atoms with Crippen molar-refractivity contribution >= 4 is 6.72 Å². The molecule has 0 aliphatic heterocycles. The standard InChI is InChI=1S/C8H18N/c1-4-5-6-7-8-9(2)3/h2,4-8H2,1,3H3/q+1. The lowest BCUT2D eigenvalue weighted by atomic mass is 10.2. The van der Waals surface area contributed by atoms with Crippen LogP contribution in [0.1, 0.15) is 32.6 Å². The Morgan fingerprint density at radius 3 is 2.33 bits per heavy atom. The van der Waals surface area contributed by atoms with E-state index >= 15 is 0 Å². The zero-order valence-corrected chi connectivity index (χ0v) is 6.69. The van der Waals surface area contributed by atoms with Crippen LogP contribution < -0.4 is 0 Å². The van der Waals surface area contributed by atoms with Gasteiger partial charge in [0.25, 0.3) is 0 Å². The van der Waals surface area contributed by atoms with E-state index < -0.39 is 0 Å². The summed E-state index contributed by atoms with van der Waals surface area (Å²) in [4.78, 5) is 0. The van der Waals surface area contributed by atoms with Gasteiger partial charge < -0.3 is 0 Å². The first kappa shape index (κ1) is 8.67. The Morgan fingerprint density at radius 2 is 1.89 bits per heavy atom. The van der Waals surface area contributed by atoms with Gasteiger partial charge in [-0.2, -0.15) is 0 Å². The second-order valence-electron chi connectivity index (χ2n) is 2.64. The molecule has 0 spiro atoms. The molecule has 0 aliphatic rings. The Balaban J connectivity index is 2.83. The van der Waals surface area contributed by atoms with Crippen molar-refractivity contribution in [1.82, 2.24) is 0 Å². The van der Waals surface area contributed by atoms with Crippen molar-refractivity contribution in [1.29, 1.82) is 0 Å². The summed E-state index contributed by atoms with van der Waals surface area (Å²) >= 11 is 0. The van der Waals surface area contributed by atoms with Crippen LogP contribution in [0.3, 0.4) is 0 Å². The van der Waals surface area contributed by atoms with Crippen molar-refractivity contribution in [2.45, 2.75) is 32.6 Å². The summed E-state index contributed by atoms with van der Waals surface area (Å²) in [5.74, 6) is 0. The molecule has 0 aliphatic carbocycles. The predicted molar refractivity (Wildman–Crippen MR) is 42.3 cm³/mol. The molecule has 0 saturated carbocycles. The Labute approximate surface area is 58.4 Å². The van der Waals surface area contributed by atoms with Gasteiger partial charge in [0.15, 0.2) is 0 Å². The minimum absolute atomic E-state index is 1.14. The molecule has 0 bridgehead atoms. The molecule has 1 heteroatoms. The van der Waals surface area contributed by atoms with E-state index in [4.69, 9.17) is 0 Å². The molecule has 54 valence electrons. The smallest absolute Gasteiger partial charge is 0.142 e. The molecule has 9 heavy (non-hydrogen) atoms. The average Bonchev–Trinajstić information content (AvgIpc) is 1.80. The zero-order chi connectivity index (χ0) is 7.11. The lowest BCUT2D eigenvalue weighted by Gasteiger charge is -1.94. The van der Waals surface area contributed by atoms with Crippen molar-refractivity contribution in [2.75, 3.05) is 13.6 Å². The molecular weight excluding hydrogens is 110 g/mol. The molecule has 0 N–H and O–H groups in total. The Morgan fingerprint density at radius 1 is 1.22 bits per heavy atom. The van der Waals surface area contributed by atoms with Crippen molar-refractivity contribution in [2.24, 2.45) is 0 Å². The van der Waals surface area contributed by atoms with Crippen LogP contribution in [-0.4, -0.2) is 24.9 Å². The Kier molecular flexibility index (Phi) is 5.59. The summed E-state index contributed by atoms with van der Waals surface area (Å²) in [6.07, 6.45) is 5.35. The minimum Gasteiger partial charge on any atom is -0.245 e. The summed E-state index contributed by atoms with van der Waals surface area (Å²) in [5.41, 5.74) is 0. The highest BCUT2D eigenvalue weighted by Crippen LogP contribution is 1.97. The topological polar surface area (TPSA) is 3.01 Å². The first-order valence-electron chi connectivity index (χ1n) is 3.79. The summed E-state index contributed by atoms with van der Waals surface area (Å²) < 4.78 is 2.00. The third-order valence-electron chi connectivity index (χ3n) is 1.39. The van der Waals surface area contributed by atoms with E-state index in [9.17, 15) is 0 Å². The van der Waals surface area contributed by atoms with Crippen LogP contribution in [0.25, 0.3) is 0 Å². The SMILES string of the molecule is C=[N+](C)CCCCCC. The van der Waals surface area contributed by atoms with Crippen molar-refractivity contribution in [3.05, 3.63) is 0 Å². The van der Waals surface area contributed by atoms with Crippen LogP contribution in [0.5, 0.6) is 0 Å². The van der Waals surface area contributed by atoms with Crippen molar-refractivity contribution in [3.63, 3.8) is 0 Å². The quantitative estimate of drug-likeness (QED) is 0.302. The molecule has 0 atom stereocenters. The maximum atomic E-state index is 3.77. The molecule has 0 saturated heterocycles. The predicted octanol–water partition coefficient (Wildman–Crippen LogP) is 1.91. The fraction of sp³-hybridized carbons (Fsp3) is 0.875. The minimum atomic E-state index is 1.14. The number of hydrogen-bond acceptors (Lipinski definition) is 0. The van der Waals surface area contributed by atoms with Gasteiger partial charge >= 0.3 is 0 Å². The van der Waals surface area contributed by atoms with Gasteiger partial charge in [-0.05, 0) is 6.42 Å². The lowest BCUT2D eigenvalue weighted by Crippen LogP contribution is -2.03. The van der Waals surface area contributed by atoms with Crippen LogP contribution in [0, 0.1) is 0 Å². The third kappa shape index (κ3) is 7.67. The first-order chi connectivity index (χ1) is 4.27. The van der Waals surface area contributed by atoms with E-state index in [1.54, 1.807) is 0 Å². The first-order valence-corrected chi connectivity index (χ1v) is 3.79. The Hall–Kier alpha value is -0.330. The molecule has 0 aromatic rings. The van der Waals surface area contributed by atoms with Gasteiger partial charge in [-0.15, -0.1) is 0 Å². The van der Waals surface area contributed by atoms with E-state index in [1.165, 1.54) is 25.7 Å². The van der Waals surface area contributed by atoms with Gasteiger partial charge in [0.05, 0.1) is 0 Å². The Bertz CT molecular complexity index is 76.6. The fourth-order valence-electron chi connectivity index (χ4n) is 0.808. The third-order valence-corrected chi connectivity index (χ3v) is 1.39. The molecule has 0 aromatic heterocycles. The van der Waals surface area contributed by atoms with Gasteiger partial charge in [0.1, 0.15) is 20.3 Å².